The number of hydrogen-bond donors (Lipinski definition) is 1. The van der Waals surface area contributed by atoms with Crippen LogP contribution >= 0.6 is 0 Å². The molecular weight excluding hydrogens is 190 g/mol. The molecule has 0 aliphatic heterocycles. The number of ether oxygens (including phenoxy) is 1. The minimum Gasteiger partial charge on any atom is -0.478 e. The van der Waals surface area contributed by atoms with Crippen molar-refractivity contribution in [3.05, 3.63) is 24.5 Å². The molecule has 0 unspecified atom stereocenters. The number of anilines is 1. The molecule has 1 heterocycles. The van der Waals surface area contributed by atoms with Crippen LogP contribution in [-0.2, 0) is 0 Å². The maximum absolute atomic E-state index is 5.49. The van der Waals surface area contributed by atoms with Gasteiger partial charge < -0.3 is 10.1 Å². The zero-order valence-corrected chi connectivity index (χ0v) is 9.29. The molecule has 0 radical (unpaired) electrons. The molecule has 1 N–H and O–H groups in total. The number of rotatable bonds is 6. The second-order valence-electron chi connectivity index (χ2n) is 3.17. The molecule has 0 aliphatic carbocycles. The Kier molecular flexibility index (Phi) is 4.60. The topological polar surface area (TPSA) is 47.0 Å². The average molecular weight is 207 g/mol. The Morgan fingerprint density at radius 1 is 1.53 bits per heavy atom. The number of hydrogen-bond acceptors (Lipinski definition) is 4. The molecule has 0 spiro atoms. The predicted octanol–water partition coefficient (Wildman–Crippen LogP) is 2.17. The highest BCUT2D eigenvalue weighted by Crippen LogP contribution is 2.12. The Morgan fingerprint density at radius 3 is 3.00 bits per heavy atom. The van der Waals surface area contributed by atoms with Gasteiger partial charge in [0.15, 0.2) is 0 Å². The van der Waals surface area contributed by atoms with E-state index in [0.29, 0.717) is 18.3 Å². The summed E-state index contributed by atoms with van der Waals surface area (Å²) in [5.74, 6) is 2.11. The Hall–Kier alpha value is -1.58. The van der Waals surface area contributed by atoms with E-state index in [-0.39, 0.29) is 0 Å². The van der Waals surface area contributed by atoms with Gasteiger partial charge in [-0.3, -0.25) is 0 Å². The van der Waals surface area contributed by atoms with Crippen molar-refractivity contribution in [3.63, 3.8) is 0 Å². The number of allylic oxidation sites excluding steroid dienone is 1. The van der Waals surface area contributed by atoms with Gasteiger partial charge in [-0.25, -0.2) is 4.98 Å². The molecule has 4 nitrogen and oxygen atoms in total. The van der Waals surface area contributed by atoms with Crippen molar-refractivity contribution in [1.82, 2.24) is 9.97 Å². The van der Waals surface area contributed by atoms with E-state index in [9.17, 15) is 0 Å². The van der Waals surface area contributed by atoms with Gasteiger partial charge in [0.2, 0.25) is 5.88 Å². The van der Waals surface area contributed by atoms with Crippen molar-refractivity contribution < 1.29 is 4.74 Å². The van der Waals surface area contributed by atoms with E-state index in [2.05, 4.69) is 21.9 Å². The van der Waals surface area contributed by atoms with E-state index in [0.717, 1.165) is 18.7 Å². The molecule has 82 valence electrons. The Balaban J connectivity index is 2.52. The molecule has 0 aliphatic rings. The lowest BCUT2D eigenvalue weighted by molar-refractivity contribution is 0.299. The van der Waals surface area contributed by atoms with E-state index in [1.165, 1.54) is 0 Å². The molecule has 0 saturated heterocycles. The highest BCUT2D eigenvalue weighted by atomic mass is 16.5. The van der Waals surface area contributed by atoms with Gasteiger partial charge in [-0.2, -0.15) is 4.98 Å². The van der Waals surface area contributed by atoms with Crippen molar-refractivity contribution in [2.24, 2.45) is 0 Å². The Morgan fingerprint density at radius 2 is 2.33 bits per heavy atom. The van der Waals surface area contributed by atoms with Crippen molar-refractivity contribution in [2.45, 2.75) is 19.8 Å². The normalized spacial score (nSPS) is 9.73. The van der Waals surface area contributed by atoms with Gasteiger partial charge in [0.05, 0.1) is 6.61 Å². The molecule has 0 aromatic carbocycles. The SMILES string of the molecule is C=CCCCOc1cc(NC)nc(C)n1. The smallest absolute Gasteiger partial charge is 0.218 e. The summed E-state index contributed by atoms with van der Waals surface area (Å²) >= 11 is 0. The van der Waals surface area contributed by atoms with Crippen LogP contribution in [0.1, 0.15) is 18.7 Å². The van der Waals surface area contributed by atoms with E-state index < -0.39 is 0 Å². The highest BCUT2D eigenvalue weighted by molar-refractivity contribution is 5.37. The molecule has 1 rings (SSSR count). The number of nitrogens with zero attached hydrogens (tertiary/aromatic N) is 2. The largest absolute Gasteiger partial charge is 0.478 e. The first-order chi connectivity index (χ1) is 7.26. The molecule has 15 heavy (non-hydrogen) atoms. The van der Waals surface area contributed by atoms with Crippen LogP contribution in [0.15, 0.2) is 18.7 Å². The maximum atomic E-state index is 5.49. The van der Waals surface area contributed by atoms with E-state index >= 15 is 0 Å². The van der Waals surface area contributed by atoms with Crippen molar-refractivity contribution in [1.29, 1.82) is 0 Å². The first kappa shape index (κ1) is 11.5. The average Bonchev–Trinajstić information content (AvgIpc) is 2.23. The molecule has 1 aromatic rings. The van der Waals surface area contributed by atoms with Gasteiger partial charge in [-0.05, 0) is 19.8 Å². The van der Waals surface area contributed by atoms with Crippen LogP contribution in [0, 0.1) is 6.92 Å². The van der Waals surface area contributed by atoms with Crippen LogP contribution in [0.4, 0.5) is 5.82 Å². The fourth-order valence-corrected chi connectivity index (χ4v) is 1.15. The van der Waals surface area contributed by atoms with E-state index in [1.54, 1.807) is 6.07 Å². The molecule has 4 heteroatoms. The number of aryl methyl sites for hydroxylation is 1. The van der Waals surface area contributed by atoms with Gasteiger partial charge in [-0.1, -0.05) is 6.08 Å². The lowest BCUT2D eigenvalue weighted by Gasteiger charge is -2.06. The first-order valence-electron chi connectivity index (χ1n) is 5.03. The van der Waals surface area contributed by atoms with E-state index in [1.807, 2.05) is 20.0 Å². The summed E-state index contributed by atoms with van der Waals surface area (Å²) in [5.41, 5.74) is 0. The maximum Gasteiger partial charge on any atom is 0.218 e. The zero-order valence-electron chi connectivity index (χ0n) is 9.29. The number of aromatic nitrogens is 2. The third-order valence-corrected chi connectivity index (χ3v) is 1.87. The zero-order chi connectivity index (χ0) is 11.1. The summed E-state index contributed by atoms with van der Waals surface area (Å²) in [5, 5.41) is 2.96. The third kappa shape index (κ3) is 3.97. The second kappa shape index (κ2) is 6.01. The Labute approximate surface area is 90.4 Å². The standard InChI is InChI=1S/C11H17N3O/c1-4-5-6-7-15-11-8-10(12-3)13-9(2)14-11/h4,8H,1,5-7H2,2-3H3,(H,12,13,14). The highest BCUT2D eigenvalue weighted by Gasteiger charge is 2.00. The molecule has 0 fully saturated rings. The molecule has 0 bridgehead atoms. The minimum absolute atomic E-state index is 0.621. The fraction of sp³-hybridized carbons (Fsp3) is 0.455. The van der Waals surface area contributed by atoms with Gasteiger partial charge >= 0.3 is 0 Å². The molecular formula is C11H17N3O. The van der Waals surface area contributed by atoms with Gasteiger partial charge in [0.25, 0.3) is 0 Å². The van der Waals surface area contributed by atoms with Crippen LogP contribution in [-0.4, -0.2) is 23.6 Å². The molecule has 1 aromatic heterocycles. The second-order valence-corrected chi connectivity index (χ2v) is 3.17. The van der Waals surface area contributed by atoms with E-state index in [4.69, 9.17) is 4.74 Å². The summed E-state index contributed by atoms with van der Waals surface area (Å²) in [6.07, 6.45) is 3.80. The monoisotopic (exact) mass is 207 g/mol. The number of nitrogens with one attached hydrogen (secondary N) is 1. The molecule has 0 amide bonds. The van der Waals surface area contributed by atoms with Crippen LogP contribution in [0.5, 0.6) is 5.88 Å². The van der Waals surface area contributed by atoms with Crippen LogP contribution < -0.4 is 10.1 Å². The van der Waals surface area contributed by atoms with Gasteiger partial charge in [-0.15, -0.1) is 6.58 Å². The van der Waals surface area contributed by atoms with Crippen molar-refractivity contribution in [3.8, 4) is 5.88 Å². The lowest BCUT2D eigenvalue weighted by Crippen LogP contribution is -2.02. The molecule has 0 saturated carbocycles. The number of unbranched alkanes of at least 4 members (excludes halogenated alkanes) is 1. The summed E-state index contributed by atoms with van der Waals surface area (Å²) in [7, 11) is 1.82. The minimum atomic E-state index is 0.621. The van der Waals surface area contributed by atoms with Crippen LogP contribution in [0.2, 0.25) is 0 Å². The van der Waals surface area contributed by atoms with Crippen LogP contribution in [0.25, 0.3) is 0 Å². The van der Waals surface area contributed by atoms with Gasteiger partial charge in [0.1, 0.15) is 11.6 Å². The quantitative estimate of drug-likeness (QED) is 0.573. The summed E-state index contributed by atoms with van der Waals surface area (Å²) in [4.78, 5) is 8.36. The summed E-state index contributed by atoms with van der Waals surface area (Å²) in [6.45, 7) is 6.16. The molecule has 0 atom stereocenters. The van der Waals surface area contributed by atoms with Crippen molar-refractivity contribution >= 4 is 5.82 Å². The lowest BCUT2D eigenvalue weighted by atomic mass is 10.3. The van der Waals surface area contributed by atoms with Crippen LogP contribution in [0.3, 0.4) is 0 Å². The third-order valence-electron chi connectivity index (χ3n) is 1.87. The Bertz CT molecular complexity index is 326. The van der Waals surface area contributed by atoms with Gasteiger partial charge in [0, 0.05) is 13.1 Å². The van der Waals surface area contributed by atoms with Crippen molar-refractivity contribution in [2.75, 3.05) is 19.0 Å². The fourth-order valence-electron chi connectivity index (χ4n) is 1.15. The predicted molar refractivity (Wildman–Crippen MR) is 61.2 cm³/mol. The first-order valence-corrected chi connectivity index (χ1v) is 5.03. The summed E-state index contributed by atoms with van der Waals surface area (Å²) < 4.78 is 5.49. The summed E-state index contributed by atoms with van der Waals surface area (Å²) in [6, 6.07) is 1.79.